The molecule has 0 radical (unpaired) electrons. The number of benzene rings is 1. The molecule has 2 rings (SSSR count). The van der Waals surface area contributed by atoms with E-state index in [0.717, 1.165) is 17.5 Å². The van der Waals surface area contributed by atoms with Crippen LogP contribution in [0.4, 0.5) is 0 Å². The molecular weight excluding hydrogens is 242 g/mol. The highest BCUT2D eigenvalue weighted by molar-refractivity contribution is 5.28. The Morgan fingerprint density at radius 2 is 1.95 bits per heavy atom. The lowest BCUT2D eigenvalue weighted by molar-refractivity contribution is 0.712. The van der Waals surface area contributed by atoms with Crippen molar-refractivity contribution >= 4 is 0 Å². The van der Waals surface area contributed by atoms with Gasteiger partial charge in [0.25, 0.3) is 5.56 Å². The first-order valence-corrected chi connectivity index (χ1v) is 5.96. The average molecular weight is 255 g/mol. The summed E-state index contributed by atoms with van der Waals surface area (Å²) in [7, 11) is 0. The fourth-order valence-electron chi connectivity index (χ4n) is 1.95. The third-order valence-electron chi connectivity index (χ3n) is 2.97. The molecule has 0 aliphatic heterocycles. The standard InChI is InChI=1S/C14H13N3O2/c1-2-10-5-3-4-6-11(10)8-17-9-12(7-15)13(18)16-14(17)19/h3-6,9H,2,8H2,1H3,(H,16,18,19). The zero-order valence-corrected chi connectivity index (χ0v) is 10.5. The van der Waals surface area contributed by atoms with E-state index in [0.29, 0.717) is 6.54 Å². The van der Waals surface area contributed by atoms with Crippen molar-refractivity contribution < 1.29 is 0 Å². The lowest BCUT2D eigenvalue weighted by atomic mass is 10.1. The van der Waals surface area contributed by atoms with Crippen molar-refractivity contribution in [1.82, 2.24) is 9.55 Å². The van der Waals surface area contributed by atoms with Crippen LogP contribution in [0.3, 0.4) is 0 Å². The molecule has 1 aromatic heterocycles. The molecule has 0 amide bonds. The maximum Gasteiger partial charge on any atom is 0.328 e. The highest BCUT2D eigenvalue weighted by atomic mass is 16.2. The summed E-state index contributed by atoms with van der Waals surface area (Å²) in [6.07, 6.45) is 2.16. The summed E-state index contributed by atoms with van der Waals surface area (Å²) < 4.78 is 1.34. The zero-order chi connectivity index (χ0) is 13.8. The molecule has 96 valence electrons. The van der Waals surface area contributed by atoms with E-state index in [1.165, 1.54) is 10.8 Å². The number of nitrogens with one attached hydrogen (secondary N) is 1. The van der Waals surface area contributed by atoms with Crippen LogP contribution in [-0.4, -0.2) is 9.55 Å². The van der Waals surface area contributed by atoms with Crippen molar-refractivity contribution in [1.29, 1.82) is 5.26 Å². The van der Waals surface area contributed by atoms with E-state index in [1.54, 1.807) is 6.07 Å². The first-order chi connectivity index (χ1) is 9.15. The minimum absolute atomic E-state index is 0.0615. The Morgan fingerprint density at radius 3 is 2.58 bits per heavy atom. The van der Waals surface area contributed by atoms with E-state index < -0.39 is 11.2 Å². The van der Waals surface area contributed by atoms with Crippen LogP contribution < -0.4 is 11.2 Å². The molecular formula is C14H13N3O2. The number of aromatic amines is 1. The van der Waals surface area contributed by atoms with Gasteiger partial charge in [-0.25, -0.2) is 4.79 Å². The van der Waals surface area contributed by atoms with Crippen molar-refractivity contribution in [3.05, 3.63) is 68.0 Å². The monoisotopic (exact) mass is 255 g/mol. The van der Waals surface area contributed by atoms with Gasteiger partial charge in [-0.2, -0.15) is 5.26 Å². The molecule has 0 aliphatic carbocycles. The summed E-state index contributed by atoms with van der Waals surface area (Å²) >= 11 is 0. The fraction of sp³-hybridized carbons (Fsp3) is 0.214. The SMILES string of the molecule is CCc1ccccc1Cn1cc(C#N)c(=O)[nH]c1=O. The van der Waals surface area contributed by atoms with Crippen LogP contribution in [0.15, 0.2) is 40.1 Å². The Bertz CT molecular complexity index is 750. The second-order valence-corrected chi connectivity index (χ2v) is 4.16. The maximum absolute atomic E-state index is 11.7. The number of nitrogens with zero attached hydrogens (tertiary/aromatic N) is 2. The van der Waals surface area contributed by atoms with Crippen LogP contribution >= 0.6 is 0 Å². The van der Waals surface area contributed by atoms with Crippen LogP contribution in [0.5, 0.6) is 0 Å². The number of H-pyrrole nitrogens is 1. The van der Waals surface area contributed by atoms with Gasteiger partial charge in [-0.3, -0.25) is 14.3 Å². The molecule has 0 unspecified atom stereocenters. The second kappa shape index (κ2) is 5.36. The van der Waals surface area contributed by atoms with Crippen LogP contribution in [0.25, 0.3) is 0 Å². The van der Waals surface area contributed by atoms with Crippen molar-refractivity contribution in [2.75, 3.05) is 0 Å². The van der Waals surface area contributed by atoms with Gasteiger partial charge < -0.3 is 0 Å². The highest BCUT2D eigenvalue weighted by Crippen LogP contribution is 2.10. The van der Waals surface area contributed by atoms with E-state index in [4.69, 9.17) is 5.26 Å². The van der Waals surface area contributed by atoms with Gasteiger partial charge in [-0.1, -0.05) is 31.2 Å². The van der Waals surface area contributed by atoms with Gasteiger partial charge in [0.1, 0.15) is 11.6 Å². The summed E-state index contributed by atoms with van der Waals surface area (Å²) in [4.78, 5) is 25.2. The van der Waals surface area contributed by atoms with Gasteiger partial charge in [-0.15, -0.1) is 0 Å². The third-order valence-corrected chi connectivity index (χ3v) is 2.97. The molecule has 5 nitrogen and oxygen atoms in total. The zero-order valence-electron chi connectivity index (χ0n) is 10.5. The molecule has 19 heavy (non-hydrogen) atoms. The fourth-order valence-corrected chi connectivity index (χ4v) is 1.95. The van der Waals surface area contributed by atoms with Gasteiger partial charge in [-0.05, 0) is 17.5 Å². The number of nitriles is 1. The molecule has 1 N–H and O–H groups in total. The molecule has 1 heterocycles. The number of aromatic nitrogens is 2. The maximum atomic E-state index is 11.7. The van der Waals surface area contributed by atoms with Crippen molar-refractivity contribution in [3.63, 3.8) is 0 Å². The summed E-state index contributed by atoms with van der Waals surface area (Å²) in [5.74, 6) is 0. The van der Waals surface area contributed by atoms with Crippen LogP contribution in [0.1, 0.15) is 23.6 Å². The van der Waals surface area contributed by atoms with E-state index in [-0.39, 0.29) is 5.56 Å². The van der Waals surface area contributed by atoms with Gasteiger partial charge in [0, 0.05) is 6.20 Å². The molecule has 0 atom stereocenters. The van der Waals surface area contributed by atoms with E-state index in [9.17, 15) is 9.59 Å². The number of hydrogen-bond donors (Lipinski definition) is 1. The van der Waals surface area contributed by atoms with Crippen LogP contribution in [0.2, 0.25) is 0 Å². The van der Waals surface area contributed by atoms with E-state index in [1.807, 2.05) is 31.2 Å². The quantitative estimate of drug-likeness (QED) is 0.889. The molecule has 2 aromatic rings. The third kappa shape index (κ3) is 2.63. The first-order valence-electron chi connectivity index (χ1n) is 5.96. The molecule has 0 saturated carbocycles. The molecule has 0 spiro atoms. The molecule has 1 aromatic carbocycles. The summed E-state index contributed by atoms with van der Waals surface area (Å²) in [5.41, 5.74) is 0.929. The van der Waals surface area contributed by atoms with Crippen molar-refractivity contribution in [2.45, 2.75) is 19.9 Å². The largest absolute Gasteiger partial charge is 0.328 e. The van der Waals surface area contributed by atoms with Gasteiger partial charge in [0.15, 0.2) is 0 Å². The Kier molecular flexibility index (Phi) is 3.62. The van der Waals surface area contributed by atoms with E-state index in [2.05, 4.69) is 4.98 Å². The Balaban J connectivity index is 2.47. The predicted molar refractivity (Wildman–Crippen MR) is 71.0 cm³/mol. The van der Waals surface area contributed by atoms with Gasteiger partial charge in [0.2, 0.25) is 0 Å². The summed E-state index contributed by atoms with van der Waals surface area (Å²) in [6.45, 7) is 2.38. The minimum Gasteiger partial charge on any atom is -0.295 e. The molecule has 0 fully saturated rings. The normalized spacial score (nSPS) is 10.1. The number of rotatable bonds is 3. The molecule has 0 aliphatic rings. The number of hydrogen-bond acceptors (Lipinski definition) is 3. The Labute approximate surface area is 109 Å². The molecule has 5 heteroatoms. The predicted octanol–water partition coefficient (Wildman–Crippen LogP) is 1.02. The van der Waals surface area contributed by atoms with Gasteiger partial charge in [0.05, 0.1) is 6.54 Å². The van der Waals surface area contributed by atoms with Crippen molar-refractivity contribution in [3.8, 4) is 6.07 Å². The topological polar surface area (TPSA) is 78.7 Å². The number of aryl methyl sites for hydroxylation is 1. The molecule has 0 saturated heterocycles. The van der Waals surface area contributed by atoms with Crippen LogP contribution in [-0.2, 0) is 13.0 Å². The lowest BCUT2D eigenvalue weighted by Gasteiger charge is -2.09. The average Bonchev–Trinajstić information content (AvgIpc) is 2.42. The summed E-state index contributed by atoms with van der Waals surface area (Å²) in [6, 6.07) is 9.55. The van der Waals surface area contributed by atoms with Crippen molar-refractivity contribution in [2.24, 2.45) is 0 Å². The second-order valence-electron chi connectivity index (χ2n) is 4.16. The van der Waals surface area contributed by atoms with Gasteiger partial charge >= 0.3 is 5.69 Å². The first kappa shape index (κ1) is 12.8. The highest BCUT2D eigenvalue weighted by Gasteiger charge is 2.06. The summed E-state index contributed by atoms with van der Waals surface area (Å²) in [5, 5.41) is 8.82. The Morgan fingerprint density at radius 1 is 1.26 bits per heavy atom. The lowest BCUT2D eigenvalue weighted by Crippen LogP contribution is -2.31. The minimum atomic E-state index is -0.646. The Hall–Kier alpha value is -2.61. The van der Waals surface area contributed by atoms with E-state index >= 15 is 0 Å². The van der Waals surface area contributed by atoms with Crippen LogP contribution in [0, 0.1) is 11.3 Å². The molecule has 0 bridgehead atoms. The smallest absolute Gasteiger partial charge is 0.295 e.